The van der Waals surface area contributed by atoms with E-state index in [4.69, 9.17) is 10.8 Å². The molecular weight excluding hydrogens is 264 g/mol. The summed E-state index contributed by atoms with van der Waals surface area (Å²) in [6.07, 6.45) is 0. The van der Waals surface area contributed by atoms with Crippen LogP contribution in [0.3, 0.4) is 0 Å². The van der Waals surface area contributed by atoms with Gasteiger partial charge in [0.25, 0.3) is 0 Å². The Labute approximate surface area is 116 Å². The first-order chi connectivity index (χ1) is 8.90. The second-order valence-corrected chi connectivity index (χ2v) is 6.12. The molecule has 1 aliphatic heterocycles. The minimum Gasteiger partial charge on any atom is -0.480 e. The smallest absolute Gasteiger partial charge is 0.326 e. The number of anilines is 1. The van der Waals surface area contributed by atoms with Crippen LogP contribution in [0, 0.1) is 5.92 Å². The van der Waals surface area contributed by atoms with Crippen LogP contribution < -0.4 is 10.6 Å². The van der Waals surface area contributed by atoms with Crippen molar-refractivity contribution < 1.29 is 9.90 Å². The van der Waals surface area contributed by atoms with Gasteiger partial charge in [-0.1, -0.05) is 6.92 Å². The predicted molar refractivity (Wildman–Crippen MR) is 75.5 cm³/mol. The number of aromatic nitrogens is 1. The van der Waals surface area contributed by atoms with E-state index >= 15 is 0 Å². The Morgan fingerprint density at radius 2 is 2.32 bits per heavy atom. The molecule has 3 N–H and O–H groups in total. The number of nitrogens with two attached hydrogens (primary N) is 1. The molecule has 0 aromatic carbocycles. The Balaban J connectivity index is 2.10. The first-order valence-electron chi connectivity index (χ1n) is 6.25. The van der Waals surface area contributed by atoms with Gasteiger partial charge >= 0.3 is 5.97 Å². The largest absolute Gasteiger partial charge is 0.480 e. The van der Waals surface area contributed by atoms with E-state index in [0.29, 0.717) is 17.7 Å². The van der Waals surface area contributed by atoms with Gasteiger partial charge in [-0.3, -0.25) is 4.79 Å². The highest BCUT2D eigenvalue weighted by molar-refractivity contribution is 7.13. The number of hydrogen-bond acceptors (Lipinski definition) is 6. The Kier molecular flexibility index (Phi) is 4.07. The molecule has 19 heavy (non-hydrogen) atoms. The Morgan fingerprint density at radius 3 is 2.84 bits per heavy atom. The fourth-order valence-electron chi connectivity index (χ4n) is 2.47. The van der Waals surface area contributed by atoms with Crippen molar-refractivity contribution in [2.75, 3.05) is 32.1 Å². The lowest BCUT2D eigenvalue weighted by Gasteiger charge is -2.22. The third-order valence-corrected chi connectivity index (χ3v) is 4.52. The summed E-state index contributed by atoms with van der Waals surface area (Å²) < 4.78 is 0. The molecule has 1 aromatic heterocycles. The van der Waals surface area contributed by atoms with Gasteiger partial charge in [0.1, 0.15) is 6.04 Å². The van der Waals surface area contributed by atoms with Crippen LogP contribution in [-0.4, -0.2) is 54.2 Å². The molecule has 2 heterocycles. The molecular formula is C12H20N4O2S. The minimum atomic E-state index is -1.04. The number of likely N-dealkylation sites (N-methyl/N-ethyl adjacent to an activating group) is 1. The summed E-state index contributed by atoms with van der Waals surface area (Å²) in [5.74, 6) is -0.478. The zero-order valence-corrected chi connectivity index (χ0v) is 12.2. The van der Waals surface area contributed by atoms with Gasteiger partial charge in [-0.05, 0) is 20.0 Å². The fraction of sp³-hybridized carbons (Fsp3) is 0.667. The first kappa shape index (κ1) is 14.2. The van der Waals surface area contributed by atoms with Crippen molar-refractivity contribution in [3.05, 3.63) is 11.1 Å². The molecule has 1 aliphatic rings. The van der Waals surface area contributed by atoms with E-state index in [0.717, 1.165) is 18.2 Å². The van der Waals surface area contributed by atoms with Crippen LogP contribution in [0.5, 0.6) is 0 Å². The third-order valence-electron chi connectivity index (χ3n) is 3.60. The molecule has 0 radical (unpaired) electrons. The highest BCUT2D eigenvalue weighted by Gasteiger charge is 2.32. The second kappa shape index (κ2) is 5.44. The molecule has 0 saturated carbocycles. The van der Waals surface area contributed by atoms with Crippen molar-refractivity contribution >= 4 is 22.4 Å². The monoisotopic (exact) mass is 284 g/mol. The third kappa shape index (κ3) is 2.88. The molecule has 0 amide bonds. The predicted octanol–water partition coefficient (Wildman–Crippen LogP) is 0.614. The van der Waals surface area contributed by atoms with Crippen molar-refractivity contribution in [3.63, 3.8) is 0 Å². The highest BCUT2D eigenvalue weighted by atomic mass is 32.1. The van der Waals surface area contributed by atoms with Gasteiger partial charge < -0.3 is 20.6 Å². The number of carbonyl (C=O) groups is 1. The van der Waals surface area contributed by atoms with Crippen LogP contribution in [-0.2, 0) is 4.79 Å². The lowest BCUT2D eigenvalue weighted by atomic mass is 10.1. The van der Waals surface area contributed by atoms with Crippen LogP contribution in [0.15, 0.2) is 5.38 Å². The van der Waals surface area contributed by atoms with E-state index in [1.54, 1.807) is 5.38 Å². The number of hydrogen-bond donors (Lipinski definition) is 2. The average molecular weight is 284 g/mol. The van der Waals surface area contributed by atoms with E-state index in [-0.39, 0.29) is 0 Å². The molecule has 1 fully saturated rings. The van der Waals surface area contributed by atoms with E-state index in [2.05, 4.69) is 35.8 Å². The van der Waals surface area contributed by atoms with Crippen molar-refractivity contribution in [2.45, 2.75) is 19.0 Å². The van der Waals surface area contributed by atoms with Crippen LogP contribution in [0.1, 0.15) is 18.7 Å². The zero-order valence-electron chi connectivity index (χ0n) is 11.4. The first-order valence-corrected chi connectivity index (χ1v) is 7.13. The standard InChI is InChI=1S/C12H20N4O2S/c1-7-4-16(5-9(7)15(2)3)12-14-8(6-19-12)10(13)11(17)18/h6-7,9-10H,4-5,13H2,1-3H3,(H,17,18). The quantitative estimate of drug-likeness (QED) is 0.843. The molecule has 3 unspecified atom stereocenters. The van der Waals surface area contributed by atoms with Gasteiger partial charge in [0, 0.05) is 24.5 Å². The number of rotatable bonds is 4. The number of carboxylic acids is 1. The van der Waals surface area contributed by atoms with Crippen molar-refractivity contribution in [1.82, 2.24) is 9.88 Å². The van der Waals surface area contributed by atoms with E-state index in [1.165, 1.54) is 11.3 Å². The zero-order chi connectivity index (χ0) is 14.2. The van der Waals surface area contributed by atoms with Crippen LogP contribution in [0.25, 0.3) is 0 Å². The molecule has 2 rings (SSSR count). The number of thiazole rings is 1. The summed E-state index contributed by atoms with van der Waals surface area (Å²) in [7, 11) is 4.16. The average Bonchev–Trinajstić information content (AvgIpc) is 2.93. The van der Waals surface area contributed by atoms with Crippen molar-refractivity contribution in [1.29, 1.82) is 0 Å². The number of aliphatic carboxylic acids is 1. The SMILES string of the molecule is CC1CN(c2nc(C(N)C(=O)O)cs2)CC1N(C)C. The lowest BCUT2D eigenvalue weighted by Crippen LogP contribution is -2.34. The maximum atomic E-state index is 10.8. The molecule has 3 atom stereocenters. The molecule has 106 valence electrons. The summed E-state index contributed by atoms with van der Waals surface area (Å²) in [6.45, 7) is 4.09. The van der Waals surface area contributed by atoms with Gasteiger partial charge in [0.2, 0.25) is 0 Å². The van der Waals surface area contributed by atoms with E-state index < -0.39 is 12.0 Å². The summed E-state index contributed by atoms with van der Waals surface area (Å²) in [5.41, 5.74) is 6.01. The van der Waals surface area contributed by atoms with Gasteiger partial charge in [-0.25, -0.2) is 4.98 Å². The second-order valence-electron chi connectivity index (χ2n) is 5.28. The van der Waals surface area contributed by atoms with Crippen LogP contribution in [0.4, 0.5) is 5.13 Å². The maximum absolute atomic E-state index is 10.8. The van der Waals surface area contributed by atoms with Crippen molar-refractivity contribution in [2.24, 2.45) is 11.7 Å². The summed E-state index contributed by atoms with van der Waals surface area (Å²) in [4.78, 5) is 19.6. The fourth-order valence-corrected chi connectivity index (χ4v) is 3.35. The van der Waals surface area contributed by atoms with Crippen LogP contribution >= 0.6 is 11.3 Å². The molecule has 0 aliphatic carbocycles. The van der Waals surface area contributed by atoms with Gasteiger partial charge in [-0.2, -0.15) is 0 Å². The number of carboxylic acid groups (broad SMARTS) is 1. The molecule has 6 nitrogen and oxygen atoms in total. The van der Waals surface area contributed by atoms with Crippen molar-refractivity contribution in [3.8, 4) is 0 Å². The Hall–Kier alpha value is -1.18. The molecule has 0 bridgehead atoms. The molecule has 0 spiro atoms. The summed E-state index contributed by atoms with van der Waals surface area (Å²) in [5, 5.41) is 11.5. The van der Waals surface area contributed by atoms with Gasteiger partial charge in [-0.15, -0.1) is 11.3 Å². The van der Waals surface area contributed by atoms with Crippen LogP contribution in [0.2, 0.25) is 0 Å². The normalized spacial score (nSPS) is 25.0. The summed E-state index contributed by atoms with van der Waals surface area (Å²) in [6, 6.07) is -0.532. The van der Waals surface area contributed by atoms with E-state index in [9.17, 15) is 4.79 Å². The van der Waals surface area contributed by atoms with Gasteiger partial charge in [0.15, 0.2) is 5.13 Å². The molecule has 7 heteroatoms. The van der Waals surface area contributed by atoms with E-state index in [1.807, 2.05) is 0 Å². The highest BCUT2D eigenvalue weighted by Crippen LogP contribution is 2.29. The topological polar surface area (TPSA) is 82.7 Å². The lowest BCUT2D eigenvalue weighted by molar-refractivity contribution is -0.138. The Bertz CT molecular complexity index is 462. The molecule has 1 aromatic rings. The summed E-state index contributed by atoms with van der Waals surface area (Å²) >= 11 is 1.46. The number of nitrogens with zero attached hydrogens (tertiary/aromatic N) is 3. The van der Waals surface area contributed by atoms with Gasteiger partial charge in [0.05, 0.1) is 5.69 Å². The molecule has 1 saturated heterocycles. The minimum absolute atomic E-state index is 0.438. The maximum Gasteiger partial charge on any atom is 0.326 e. The Morgan fingerprint density at radius 1 is 1.63 bits per heavy atom.